The summed E-state index contributed by atoms with van der Waals surface area (Å²) in [5.41, 5.74) is 3.80. The molecule has 0 spiro atoms. The Hall–Kier alpha value is -2.92. The topological polar surface area (TPSA) is 51.2 Å². The number of hydrogen-bond donors (Lipinski definition) is 1. The minimum absolute atomic E-state index is 0.155. The van der Waals surface area contributed by atoms with Crippen molar-refractivity contribution in [2.75, 3.05) is 5.32 Å². The SMILES string of the molecule is Cc1nc(COc2cccc(/C=C/C(=O)Nc3ccccc3C(C)C)c2)cs1. The zero-order valence-electron chi connectivity index (χ0n) is 16.3. The predicted octanol–water partition coefficient (Wildman–Crippen LogP) is 5.81. The van der Waals surface area contributed by atoms with Crippen LogP contribution in [0, 0.1) is 6.92 Å². The molecule has 144 valence electrons. The maximum Gasteiger partial charge on any atom is 0.248 e. The first-order valence-corrected chi connectivity index (χ1v) is 10.1. The lowest BCUT2D eigenvalue weighted by Gasteiger charge is -2.12. The Labute approximate surface area is 169 Å². The van der Waals surface area contributed by atoms with Crippen molar-refractivity contribution in [2.45, 2.75) is 33.3 Å². The van der Waals surface area contributed by atoms with Crippen molar-refractivity contribution in [2.24, 2.45) is 0 Å². The molecule has 0 aliphatic heterocycles. The molecule has 0 saturated heterocycles. The Morgan fingerprint density at radius 2 is 2.04 bits per heavy atom. The Balaban J connectivity index is 1.61. The van der Waals surface area contributed by atoms with Crippen LogP contribution in [-0.2, 0) is 11.4 Å². The molecule has 1 heterocycles. The molecule has 1 N–H and O–H groups in total. The number of carbonyl (C=O) groups excluding carboxylic acids is 1. The number of para-hydroxylation sites is 1. The van der Waals surface area contributed by atoms with Crippen molar-refractivity contribution in [3.8, 4) is 5.75 Å². The summed E-state index contributed by atoms with van der Waals surface area (Å²) in [6.07, 6.45) is 3.33. The van der Waals surface area contributed by atoms with Gasteiger partial charge in [-0.15, -0.1) is 11.3 Å². The zero-order valence-corrected chi connectivity index (χ0v) is 17.1. The molecule has 1 aromatic heterocycles. The van der Waals surface area contributed by atoms with Crippen molar-refractivity contribution >= 4 is 29.0 Å². The van der Waals surface area contributed by atoms with Gasteiger partial charge < -0.3 is 10.1 Å². The van der Waals surface area contributed by atoms with Gasteiger partial charge in [-0.2, -0.15) is 0 Å². The third kappa shape index (κ3) is 5.54. The second-order valence-electron chi connectivity index (χ2n) is 6.78. The molecule has 5 heteroatoms. The number of amides is 1. The Kier molecular flexibility index (Phi) is 6.61. The molecule has 0 aliphatic rings. The van der Waals surface area contributed by atoms with Crippen LogP contribution >= 0.6 is 11.3 Å². The van der Waals surface area contributed by atoms with Crippen LogP contribution in [0.2, 0.25) is 0 Å². The van der Waals surface area contributed by atoms with Crippen LogP contribution in [0.4, 0.5) is 5.69 Å². The Morgan fingerprint density at radius 1 is 1.21 bits per heavy atom. The van der Waals surface area contributed by atoms with E-state index in [-0.39, 0.29) is 5.91 Å². The highest BCUT2D eigenvalue weighted by molar-refractivity contribution is 7.09. The number of hydrogen-bond acceptors (Lipinski definition) is 4. The number of anilines is 1. The molecule has 0 radical (unpaired) electrons. The van der Waals surface area contributed by atoms with Crippen molar-refractivity contribution in [3.05, 3.63) is 81.8 Å². The smallest absolute Gasteiger partial charge is 0.248 e. The average molecular weight is 393 g/mol. The van der Waals surface area contributed by atoms with Gasteiger partial charge in [-0.1, -0.05) is 44.2 Å². The van der Waals surface area contributed by atoms with Crippen LogP contribution in [0.15, 0.2) is 60.0 Å². The quantitative estimate of drug-likeness (QED) is 0.517. The lowest BCUT2D eigenvalue weighted by molar-refractivity contribution is -0.111. The van der Waals surface area contributed by atoms with E-state index in [2.05, 4.69) is 24.1 Å². The lowest BCUT2D eigenvalue weighted by atomic mass is 10.0. The van der Waals surface area contributed by atoms with Gasteiger partial charge in [-0.05, 0) is 48.2 Å². The number of carbonyl (C=O) groups is 1. The van der Waals surface area contributed by atoms with Gasteiger partial charge in [0.1, 0.15) is 12.4 Å². The number of ether oxygens (including phenoxy) is 1. The second kappa shape index (κ2) is 9.33. The molecule has 0 unspecified atom stereocenters. The van der Waals surface area contributed by atoms with E-state index in [9.17, 15) is 4.79 Å². The minimum Gasteiger partial charge on any atom is -0.487 e. The zero-order chi connectivity index (χ0) is 19.9. The van der Waals surface area contributed by atoms with Crippen molar-refractivity contribution < 1.29 is 9.53 Å². The van der Waals surface area contributed by atoms with Gasteiger partial charge in [0.15, 0.2) is 0 Å². The number of nitrogens with one attached hydrogen (secondary N) is 1. The molecule has 2 aromatic carbocycles. The van der Waals surface area contributed by atoms with Crippen LogP contribution in [0.3, 0.4) is 0 Å². The highest BCUT2D eigenvalue weighted by atomic mass is 32.1. The number of rotatable bonds is 7. The van der Waals surface area contributed by atoms with E-state index in [1.807, 2.05) is 60.8 Å². The summed E-state index contributed by atoms with van der Waals surface area (Å²) in [6.45, 7) is 6.63. The molecule has 3 aromatic rings. The van der Waals surface area contributed by atoms with Gasteiger partial charge in [0.05, 0.1) is 10.7 Å². The highest BCUT2D eigenvalue weighted by Gasteiger charge is 2.07. The molecule has 0 bridgehead atoms. The first-order chi connectivity index (χ1) is 13.5. The van der Waals surface area contributed by atoms with E-state index < -0.39 is 0 Å². The van der Waals surface area contributed by atoms with Gasteiger partial charge in [-0.3, -0.25) is 4.79 Å². The van der Waals surface area contributed by atoms with Crippen molar-refractivity contribution in [1.29, 1.82) is 0 Å². The summed E-state index contributed by atoms with van der Waals surface area (Å²) < 4.78 is 5.80. The second-order valence-corrected chi connectivity index (χ2v) is 7.85. The first kappa shape index (κ1) is 19.8. The van der Waals surface area contributed by atoms with Gasteiger partial charge in [-0.25, -0.2) is 4.98 Å². The van der Waals surface area contributed by atoms with Crippen LogP contribution in [0.1, 0.15) is 41.6 Å². The van der Waals surface area contributed by atoms with Gasteiger partial charge in [0.2, 0.25) is 5.91 Å². The first-order valence-electron chi connectivity index (χ1n) is 9.23. The summed E-state index contributed by atoms with van der Waals surface area (Å²) in [6, 6.07) is 15.5. The summed E-state index contributed by atoms with van der Waals surface area (Å²) in [7, 11) is 0. The van der Waals surface area contributed by atoms with Crippen LogP contribution in [0.5, 0.6) is 5.75 Å². The number of benzene rings is 2. The van der Waals surface area contributed by atoms with E-state index in [0.29, 0.717) is 12.5 Å². The molecule has 1 amide bonds. The van der Waals surface area contributed by atoms with Crippen molar-refractivity contribution in [3.63, 3.8) is 0 Å². The summed E-state index contributed by atoms with van der Waals surface area (Å²) in [5, 5.41) is 5.99. The largest absolute Gasteiger partial charge is 0.487 e. The lowest BCUT2D eigenvalue weighted by Crippen LogP contribution is -2.10. The normalized spacial score (nSPS) is 11.1. The molecule has 0 saturated carbocycles. The van der Waals surface area contributed by atoms with E-state index in [0.717, 1.165) is 33.3 Å². The Morgan fingerprint density at radius 3 is 2.79 bits per heavy atom. The third-order valence-electron chi connectivity index (χ3n) is 4.18. The van der Waals surface area contributed by atoms with Gasteiger partial charge in [0, 0.05) is 17.1 Å². The highest BCUT2D eigenvalue weighted by Crippen LogP contribution is 2.23. The standard InChI is InChI=1S/C23H24N2O2S/c1-16(2)21-9-4-5-10-22(21)25-23(26)12-11-18-7-6-8-20(13-18)27-14-19-15-28-17(3)24-19/h4-13,15-16H,14H2,1-3H3,(H,25,26)/b12-11+. The fourth-order valence-corrected chi connectivity index (χ4v) is 3.40. The van der Waals surface area contributed by atoms with Crippen LogP contribution < -0.4 is 10.1 Å². The van der Waals surface area contributed by atoms with Gasteiger partial charge >= 0.3 is 0 Å². The summed E-state index contributed by atoms with van der Waals surface area (Å²) in [5.74, 6) is 0.937. The van der Waals surface area contributed by atoms with Crippen LogP contribution in [0.25, 0.3) is 6.08 Å². The Bertz CT molecular complexity index is 976. The molecule has 0 atom stereocenters. The fourth-order valence-electron chi connectivity index (χ4n) is 2.80. The molecular weight excluding hydrogens is 368 g/mol. The van der Waals surface area contributed by atoms with E-state index >= 15 is 0 Å². The van der Waals surface area contributed by atoms with E-state index in [1.54, 1.807) is 23.5 Å². The summed E-state index contributed by atoms with van der Waals surface area (Å²) in [4.78, 5) is 16.7. The minimum atomic E-state index is -0.155. The number of aryl methyl sites for hydroxylation is 1. The monoisotopic (exact) mass is 392 g/mol. The maximum absolute atomic E-state index is 12.3. The number of nitrogens with zero attached hydrogens (tertiary/aromatic N) is 1. The van der Waals surface area contributed by atoms with Gasteiger partial charge in [0.25, 0.3) is 0 Å². The van der Waals surface area contributed by atoms with E-state index in [1.165, 1.54) is 0 Å². The molecule has 4 nitrogen and oxygen atoms in total. The fraction of sp³-hybridized carbons (Fsp3) is 0.217. The van der Waals surface area contributed by atoms with Crippen molar-refractivity contribution in [1.82, 2.24) is 4.98 Å². The molecule has 28 heavy (non-hydrogen) atoms. The molecule has 0 fully saturated rings. The predicted molar refractivity (Wildman–Crippen MR) is 116 cm³/mol. The molecule has 0 aliphatic carbocycles. The average Bonchev–Trinajstić information content (AvgIpc) is 3.11. The molecular formula is C23H24N2O2S. The number of thiazole rings is 1. The summed E-state index contributed by atoms with van der Waals surface area (Å²) >= 11 is 1.61. The van der Waals surface area contributed by atoms with Crippen LogP contribution in [-0.4, -0.2) is 10.9 Å². The number of aromatic nitrogens is 1. The molecule has 3 rings (SSSR count). The maximum atomic E-state index is 12.3. The van der Waals surface area contributed by atoms with E-state index in [4.69, 9.17) is 4.74 Å². The third-order valence-corrected chi connectivity index (χ3v) is 5.00.